The number of ether oxygens (including phenoxy) is 1. The van der Waals surface area contributed by atoms with Crippen LogP contribution in [-0.4, -0.2) is 27.3 Å². The van der Waals surface area contributed by atoms with E-state index in [0.717, 1.165) is 15.2 Å². The lowest BCUT2D eigenvalue weighted by Crippen LogP contribution is -2.21. The third-order valence-corrected chi connectivity index (χ3v) is 4.77. The minimum Gasteiger partial charge on any atom is -0.484 e. The van der Waals surface area contributed by atoms with E-state index in [-0.39, 0.29) is 12.5 Å². The second-order valence-corrected chi connectivity index (χ2v) is 7.34. The van der Waals surface area contributed by atoms with Crippen LogP contribution in [-0.2, 0) is 4.79 Å². The minimum atomic E-state index is -0.306. The zero-order valence-corrected chi connectivity index (χ0v) is 16.8. The Morgan fingerprint density at radius 3 is 2.75 bits per heavy atom. The Labute approximate surface area is 174 Å². The van der Waals surface area contributed by atoms with Gasteiger partial charge in [0.25, 0.3) is 5.91 Å². The first kappa shape index (κ1) is 18.5. The van der Waals surface area contributed by atoms with Gasteiger partial charge in [-0.15, -0.1) is 0 Å². The van der Waals surface area contributed by atoms with Crippen molar-refractivity contribution in [1.82, 2.24) is 14.8 Å². The number of hydrogen-bond acceptors (Lipinski definition) is 4. The average molecular weight is 458 g/mol. The molecule has 4 rings (SSSR count). The van der Waals surface area contributed by atoms with Gasteiger partial charge in [-0.25, -0.2) is 9.67 Å². The molecule has 0 fully saturated rings. The van der Waals surface area contributed by atoms with Crippen LogP contribution in [0, 0.1) is 0 Å². The molecule has 1 amide bonds. The molecule has 1 N–H and O–H groups in total. The molecule has 0 aliphatic rings. The second-order valence-electron chi connectivity index (χ2n) is 5.99. The van der Waals surface area contributed by atoms with Crippen LogP contribution in [0.2, 0.25) is 5.02 Å². The smallest absolute Gasteiger partial charge is 0.262 e. The predicted molar refractivity (Wildman–Crippen MR) is 112 cm³/mol. The van der Waals surface area contributed by atoms with Crippen molar-refractivity contribution in [2.45, 2.75) is 0 Å². The van der Waals surface area contributed by atoms with Gasteiger partial charge in [0, 0.05) is 9.50 Å². The predicted octanol–water partition coefficient (Wildman–Crippen LogP) is 4.85. The lowest BCUT2D eigenvalue weighted by atomic mass is 10.1. The van der Waals surface area contributed by atoms with E-state index in [0.29, 0.717) is 22.1 Å². The van der Waals surface area contributed by atoms with Crippen LogP contribution in [0.5, 0.6) is 5.75 Å². The van der Waals surface area contributed by atoms with Crippen LogP contribution in [0.3, 0.4) is 0 Å². The van der Waals surface area contributed by atoms with E-state index in [1.807, 2.05) is 36.4 Å². The molecule has 0 spiro atoms. The molecular formula is C20H14BrClN4O2. The second kappa shape index (κ2) is 8.00. The summed E-state index contributed by atoms with van der Waals surface area (Å²) >= 11 is 9.52. The Morgan fingerprint density at radius 1 is 1.11 bits per heavy atom. The number of aromatic nitrogens is 3. The SMILES string of the molecule is O=C(COc1ccc2cc(Br)ccc2c1)Nc1cc(Cl)ccc1-n1cncn1. The van der Waals surface area contributed by atoms with E-state index in [4.69, 9.17) is 16.3 Å². The van der Waals surface area contributed by atoms with Crippen molar-refractivity contribution in [3.05, 3.63) is 76.7 Å². The van der Waals surface area contributed by atoms with E-state index < -0.39 is 0 Å². The molecule has 0 atom stereocenters. The number of benzene rings is 3. The molecule has 8 heteroatoms. The molecule has 140 valence electrons. The van der Waals surface area contributed by atoms with Crippen LogP contribution in [0.15, 0.2) is 71.7 Å². The first-order valence-electron chi connectivity index (χ1n) is 8.35. The van der Waals surface area contributed by atoms with Gasteiger partial charge in [-0.2, -0.15) is 5.10 Å². The van der Waals surface area contributed by atoms with E-state index in [9.17, 15) is 4.79 Å². The van der Waals surface area contributed by atoms with Crippen molar-refractivity contribution < 1.29 is 9.53 Å². The summed E-state index contributed by atoms with van der Waals surface area (Å²) in [6, 6.07) is 16.8. The van der Waals surface area contributed by atoms with Gasteiger partial charge in [0.15, 0.2) is 6.61 Å². The largest absolute Gasteiger partial charge is 0.484 e. The summed E-state index contributed by atoms with van der Waals surface area (Å²) in [4.78, 5) is 16.3. The molecule has 3 aromatic carbocycles. The summed E-state index contributed by atoms with van der Waals surface area (Å²) in [5, 5.41) is 9.52. The molecule has 0 radical (unpaired) electrons. The number of hydrogen-bond donors (Lipinski definition) is 1. The van der Waals surface area contributed by atoms with Crippen molar-refractivity contribution in [3.63, 3.8) is 0 Å². The highest BCUT2D eigenvalue weighted by Gasteiger charge is 2.11. The summed E-state index contributed by atoms with van der Waals surface area (Å²) in [7, 11) is 0. The van der Waals surface area contributed by atoms with Gasteiger partial charge in [-0.3, -0.25) is 4.79 Å². The number of nitrogens with zero attached hydrogens (tertiary/aromatic N) is 3. The lowest BCUT2D eigenvalue weighted by Gasteiger charge is -2.12. The standard InChI is InChI=1S/C20H14BrClN4O2/c21-15-3-1-14-8-17(5-2-13(14)7-15)28-10-20(27)25-18-9-16(22)4-6-19(18)26-12-23-11-24-26/h1-9,11-12H,10H2,(H,25,27). The van der Waals surface area contributed by atoms with Crippen LogP contribution in [0.25, 0.3) is 16.5 Å². The quantitative estimate of drug-likeness (QED) is 0.465. The van der Waals surface area contributed by atoms with E-state index in [2.05, 4.69) is 31.3 Å². The highest BCUT2D eigenvalue weighted by Crippen LogP contribution is 2.25. The third kappa shape index (κ3) is 4.16. The van der Waals surface area contributed by atoms with Gasteiger partial charge in [-0.1, -0.05) is 39.7 Å². The van der Waals surface area contributed by atoms with E-state index >= 15 is 0 Å². The molecule has 1 heterocycles. The molecule has 4 aromatic rings. The highest BCUT2D eigenvalue weighted by atomic mass is 79.9. The maximum atomic E-state index is 12.4. The summed E-state index contributed by atoms with van der Waals surface area (Å²) in [5.74, 6) is 0.312. The van der Waals surface area contributed by atoms with E-state index in [1.165, 1.54) is 6.33 Å². The topological polar surface area (TPSA) is 69.0 Å². The fourth-order valence-electron chi connectivity index (χ4n) is 2.76. The van der Waals surface area contributed by atoms with Crippen LogP contribution >= 0.6 is 27.5 Å². The zero-order valence-electron chi connectivity index (χ0n) is 14.5. The summed E-state index contributed by atoms with van der Waals surface area (Å²) < 4.78 is 8.21. The number of rotatable bonds is 5. The molecule has 1 aromatic heterocycles. The molecule has 0 aliphatic heterocycles. The number of halogens is 2. The molecule has 0 unspecified atom stereocenters. The number of anilines is 1. The van der Waals surface area contributed by atoms with Gasteiger partial charge in [0.1, 0.15) is 18.4 Å². The summed E-state index contributed by atoms with van der Waals surface area (Å²) in [5.41, 5.74) is 1.18. The Morgan fingerprint density at radius 2 is 1.93 bits per heavy atom. The Hall–Kier alpha value is -2.90. The van der Waals surface area contributed by atoms with Crippen LogP contribution in [0.4, 0.5) is 5.69 Å². The van der Waals surface area contributed by atoms with Gasteiger partial charge in [0.05, 0.1) is 11.4 Å². The minimum absolute atomic E-state index is 0.134. The Kier molecular flexibility index (Phi) is 5.27. The molecule has 6 nitrogen and oxygen atoms in total. The van der Waals surface area contributed by atoms with Crippen molar-refractivity contribution in [2.24, 2.45) is 0 Å². The van der Waals surface area contributed by atoms with Crippen LogP contribution in [0.1, 0.15) is 0 Å². The van der Waals surface area contributed by atoms with Crippen molar-refractivity contribution in [2.75, 3.05) is 11.9 Å². The lowest BCUT2D eigenvalue weighted by molar-refractivity contribution is -0.118. The number of nitrogens with one attached hydrogen (secondary N) is 1. The summed E-state index contributed by atoms with van der Waals surface area (Å²) in [6.07, 6.45) is 2.96. The molecule has 0 saturated carbocycles. The van der Waals surface area contributed by atoms with Gasteiger partial charge < -0.3 is 10.1 Å². The molecule has 0 aliphatic carbocycles. The zero-order chi connectivity index (χ0) is 19.5. The Balaban J connectivity index is 1.47. The van der Waals surface area contributed by atoms with E-state index in [1.54, 1.807) is 29.2 Å². The first-order valence-corrected chi connectivity index (χ1v) is 9.52. The number of carbonyl (C=O) groups is 1. The van der Waals surface area contributed by atoms with Crippen molar-refractivity contribution in [3.8, 4) is 11.4 Å². The normalized spacial score (nSPS) is 10.8. The maximum absolute atomic E-state index is 12.4. The fraction of sp³-hybridized carbons (Fsp3) is 0.0500. The molecular weight excluding hydrogens is 444 g/mol. The average Bonchev–Trinajstić information content (AvgIpc) is 3.21. The number of carbonyl (C=O) groups excluding carboxylic acids is 1. The maximum Gasteiger partial charge on any atom is 0.262 e. The van der Waals surface area contributed by atoms with Gasteiger partial charge >= 0.3 is 0 Å². The van der Waals surface area contributed by atoms with Crippen molar-refractivity contribution in [1.29, 1.82) is 0 Å². The monoisotopic (exact) mass is 456 g/mol. The van der Waals surface area contributed by atoms with Gasteiger partial charge in [-0.05, 0) is 53.2 Å². The fourth-order valence-corrected chi connectivity index (χ4v) is 3.31. The Bertz CT molecular complexity index is 1150. The molecule has 28 heavy (non-hydrogen) atoms. The van der Waals surface area contributed by atoms with Crippen molar-refractivity contribution >= 4 is 49.9 Å². The third-order valence-electron chi connectivity index (χ3n) is 4.04. The molecule has 0 bridgehead atoms. The highest BCUT2D eigenvalue weighted by molar-refractivity contribution is 9.10. The first-order chi connectivity index (χ1) is 13.6. The summed E-state index contributed by atoms with van der Waals surface area (Å²) in [6.45, 7) is -0.134. The van der Waals surface area contributed by atoms with Gasteiger partial charge in [0.2, 0.25) is 0 Å². The number of amides is 1. The number of fused-ring (bicyclic) bond motifs is 1. The molecule has 0 saturated heterocycles. The van der Waals surface area contributed by atoms with Crippen LogP contribution < -0.4 is 10.1 Å².